The number of alkyl halides is 3. The molecule has 0 aliphatic rings. The average Bonchev–Trinajstić information content (AvgIpc) is 3.08. The molecule has 0 aliphatic heterocycles. The number of ether oxygens (including phenoxy) is 1. The first-order chi connectivity index (χ1) is 13.8. The number of unbranched alkanes of at least 4 members (excludes halogenated alkanes) is 1. The number of aromatic nitrogens is 4. The molecule has 0 unspecified atom stereocenters. The van der Waals surface area contributed by atoms with Gasteiger partial charge in [0, 0.05) is 29.5 Å². The van der Waals surface area contributed by atoms with Crippen LogP contribution in [0, 0.1) is 0 Å². The Morgan fingerprint density at radius 2 is 2.10 bits per heavy atom. The average molecular weight is 405 g/mol. The Balaban J connectivity index is 2.06. The van der Waals surface area contributed by atoms with E-state index in [2.05, 4.69) is 19.9 Å². The largest absolute Gasteiger partial charge is 0.478 e. The molecule has 0 spiro atoms. The molecule has 0 fully saturated rings. The predicted molar refractivity (Wildman–Crippen MR) is 101 cm³/mol. The molecule has 0 radical (unpaired) electrons. The maximum atomic E-state index is 13.3. The van der Waals surface area contributed by atoms with E-state index < -0.39 is 17.8 Å². The van der Waals surface area contributed by atoms with Gasteiger partial charge in [-0.05, 0) is 18.6 Å². The number of carbonyl (C=O) groups excluding carboxylic acids is 1. The molecule has 3 aromatic rings. The van der Waals surface area contributed by atoms with E-state index in [-0.39, 0.29) is 23.7 Å². The Labute approximate surface area is 163 Å². The number of nitrogens with one attached hydrogen (secondary N) is 1. The highest BCUT2D eigenvalue weighted by molar-refractivity contribution is 5.93. The van der Waals surface area contributed by atoms with Crippen molar-refractivity contribution in [2.75, 3.05) is 6.61 Å². The zero-order valence-corrected chi connectivity index (χ0v) is 15.5. The van der Waals surface area contributed by atoms with Gasteiger partial charge in [0.2, 0.25) is 11.8 Å². The van der Waals surface area contributed by atoms with Crippen LogP contribution in [0.25, 0.3) is 28.5 Å². The Morgan fingerprint density at radius 3 is 2.79 bits per heavy atom. The van der Waals surface area contributed by atoms with E-state index in [1.54, 1.807) is 6.20 Å². The van der Waals surface area contributed by atoms with Crippen LogP contribution in [0.15, 0.2) is 30.6 Å². The van der Waals surface area contributed by atoms with E-state index in [0.29, 0.717) is 23.1 Å². The van der Waals surface area contributed by atoms with E-state index in [9.17, 15) is 18.0 Å². The topological polar surface area (TPSA) is 107 Å². The standard InChI is InChI=1S/C19H18F3N5O2/c1-2-3-6-29-16-8-12(7-14(27-16)19(20,21)22)13-10-25-18-17(26-13)11(9-24-18)4-5-15(23)28/h4-5,7-10H,2-3,6H2,1H3,(H2,23,28)(H,24,25)/b5-4+. The van der Waals surface area contributed by atoms with Gasteiger partial charge in [-0.25, -0.2) is 15.0 Å². The molecule has 3 N–H and O–H groups in total. The van der Waals surface area contributed by atoms with Gasteiger partial charge < -0.3 is 15.5 Å². The van der Waals surface area contributed by atoms with Gasteiger partial charge in [-0.1, -0.05) is 13.3 Å². The molecule has 0 saturated carbocycles. The number of amides is 1. The summed E-state index contributed by atoms with van der Waals surface area (Å²) in [4.78, 5) is 26.0. The molecule has 7 nitrogen and oxygen atoms in total. The number of H-pyrrole nitrogens is 1. The lowest BCUT2D eigenvalue weighted by Crippen LogP contribution is -2.10. The predicted octanol–water partition coefficient (Wildman–Crippen LogP) is 3.72. The fourth-order valence-corrected chi connectivity index (χ4v) is 2.54. The second-order valence-electron chi connectivity index (χ2n) is 6.21. The van der Waals surface area contributed by atoms with Crippen LogP contribution in [0.1, 0.15) is 31.0 Å². The van der Waals surface area contributed by atoms with Crippen molar-refractivity contribution in [3.8, 4) is 17.1 Å². The van der Waals surface area contributed by atoms with Crippen molar-refractivity contribution in [1.82, 2.24) is 19.9 Å². The fraction of sp³-hybridized carbons (Fsp3) is 0.263. The van der Waals surface area contributed by atoms with Crippen molar-refractivity contribution in [2.24, 2.45) is 5.73 Å². The first-order valence-corrected chi connectivity index (χ1v) is 8.82. The summed E-state index contributed by atoms with van der Waals surface area (Å²) in [5, 5.41) is 0. The summed E-state index contributed by atoms with van der Waals surface area (Å²) >= 11 is 0. The van der Waals surface area contributed by atoms with E-state index in [0.717, 1.165) is 18.6 Å². The highest BCUT2D eigenvalue weighted by Gasteiger charge is 2.33. The minimum absolute atomic E-state index is 0.131. The Morgan fingerprint density at radius 1 is 1.31 bits per heavy atom. The Kier molecular flexibility index (Phi) is 5.81. The number of halogens is 3. The van der Waals surface area contributed by atoms with E-state index in [1.165, 1.54) is 18.3 Å². The third-order valence-corrected chi connectivity index (χ3v) is 3.97. The van der Waals surface area contributed by atoms with Crippen molar-refractivity contribution in [1.29, 1.82) is 0 Å². The van der Waals surface area contributed by atoms with Crippen LogP contribution in [-0.4, -0.2) is 32.4 Å². The van der Waals surface area contributed by atoms with Crippen LogP contribution >= 0.6 is 0 Å². The number of hydrogen-bond donors (Lipinski definition) is 2. The van der Waals surface area contributed by atoms with Gasteiger partial charge in [-0.2, -0.15) is 13.2 Å². The summed E-state index contributed by atoms with van der Waals surface area (Å²) in [6.45, 7) is 2.20. The molecule has 3 aromatic heterocycles. The van der Waals surface area contributed by atoms with Gasteiger partial charge in [0.15, 0.2) is 5.65 Å². The maximum Gasteiger partial charge on any atom is 0.433 e. The second kappa shape index (κ2) is 8.29. The third kappa shape index (κ3) is 4.89. The van der Waals surface area contributed by atoms with Crippen molar-refractivity contribution in [3.63, 3.8) is 0 Å². The van der Waals surface area contributed by atoms with Gasteiger partial charge in [0.05, 0.1) is 18.5 Å². The lowest BCUT2D eigenvalue weighted by atomic mass is 10.1. The lowest BCUT2D eigenvalue weighted by Gasteiger charge is -2.12. The van der Waals surface area contributed by atoms with Crippen molar-refractivity contribution < 1.29 is 22.7 Å². The van der Waals surface area contributed by atoms with E-state index in [1.807, 2.05) is 6.92 Å². The molecule has 0 aromatic carbocycles. The zero-order valence-electron chi connectivity index (χ0n) is 15.5. The monoisotopic (exact) mass is 405 g/mol. The highest BCUT2D eigenvalue weighted by atomic mass is 19.4. The zero-order chi connectivity index (χ0) is 21.0. The summed E-state index contributed by atoms with van der Waals surface area (Å²) in [5.41, 5.74) is 5.73. The number of hydrogen-bond acceptors (Lipinski definition) is 5. The number of nitrogens with zero attached hydrogens (tertiary/aromatic N) is 3. The van der Waals surface area contributed by atoms with Crippen LogP contribution in [0.2, 0.25) is 0 Å². The number of nitrogens with two attached hydrogens (primary N) is 1. The summed E-state index contributed by atoms with van der Waals surface area (Å²) in [5.74, 6) is -0.769. The minimum Gasteiger partial charge on any atom is -0.478 e. The summed E-state index contributed by atoms with van der Waals surface area (Å²) < 4.78 is 45.2. The van der Waals surface area contributed by atoms with Crippen molar-refractivity contribution >= 4 is 23.1 Å². The van der Waals surface area contributed by atoms with Gasteiger partial charge in [0.1, 0.15) is 11.2 Å². The molecule has 29 heavy (non-hydrogen) atoms. The maximum absolute atomic E-state index is 13.3. The molecule has 0 aliphatic carbocycles. The molecule has 3 rings (SSSR count). The van der Waals surface area contributed by atoms with Gasteiger partial charge in [-0.3, -0.25) is 4.79 Å². The minimum atomic E-state index is -4.64. The van der Waals surface area contributed by atoms with E-state index in [4.69, 9.17) is 10.5 Å². The number of rotatable bonds is 7. The second-order valence-corrected chi connectivity index (χ2v) is 6.21. The third-order valence-electron chi connectivity index (χ3n) is 3.97. The molecule has 0 atom stereocenters. The number of fused-ring (bicyclic) bond motifs is 1. The van der Waals surface area contributed by atoms with Gasteiger partial charge in [0.25, 0.3) is 0 Å². The SMILES string of the molecule is CCCCOc1cc(-c2cnc3[nH]cc(/C=C/C(N)=O)c3n2)cc(C(F)(F)F)n1. The van der Waals surface area contributed by atoms with Crippen molar-refractivity contribution in [2.45, 2.75) is 25.9 Å². The van der Waals surface area contributed by atoms with E-state index >= 15 is 0 Å². The van der Waals surface area contributed by atoms with Crippen molar-refractivity contribution in [3.05, 3.63) is 41.9 Å². The fourth-order valence-electron chi connectivity index (χ4n) is 2.54. The Hall–Kier alpha value is -3.43. The summed E-state index contributed by atoms with van der Waals surface area (Å²) in [6, 6.07) is 2.29. The van der Waals surface area contributed by atoms with Crippen LogP contribution in [0.3, 0.4) is 0 Å². The number of carbonyl (C=O) groups is 1. The Bertz CT molecular complexity index is 1060. The highest BCUT2D eigenvalue weighted by Crippen LogP contribution is 2.33. The number of primary amides is 1. The molecule has 0 bridgehead atoms. The molecule has 0 saturated heterocycles. The molecule has 3 heterocycles. The molecular weight excluding hydrogens is 387 g/mol. The lowest BCUT2D eigenvalue weighted by molar-refractivity contribution is -0.141. The number of pyridine rings is 1. The van der Waals surface area contributed by atoms with Gasteiger partial charge in [-0.15, -0.1) is 0 Å². The number of aromatic amines is 1. The van der Waals surface area contributed by atoms with Gasteiger partial charge >= 0.3 is 6.18 Å². The normalized spacial score (nSPS) is 12.0. The first-order valence-electron chi connectivity index (χ1n) is 8.82. The van der Waals surface area contributed by atoms with Crippen LogP contribution in [-0.2, 0) is 11.0 Å². The van der Waals surface area contributed by atoms with Crippen LogP contribution in [0.4, 0.5) is 13.2 Å². The molecular formula is C19H18F3N5O2. The molecule has 1 amide bonds. The molecule has 10 heteroatoms. The smallest absolute Gasteiger partial charge is 0.433 e. The van der Waals surface area contributed by atoms with Crippen LogP contribution in [0.5, 0.6) is 5.88 Å². The van der Waals surface area contributed by atoms with Crippen LogP contribution < -0.4 is 10.5 Å². The summed E-state index contributed by atoms with van der Waals surface area (Å²) in [7, 11) is 0. The molecule has 152 valence electrons. The summed E-state index contributed by atoms with van der Waals surface area (Å²) in [6.07, 6.45) is 2.42. The first kappa shape index (κ1) is 20.3. The quantitative estimate of drug-likeness (QED) is 0.460.